The first-order chi connectivity index (χ1) is 11.1. The van der Waals surface area contributed by atoms with Crippen LogP contribution in [0.5, 0.6) is 0 Å². The van der Waals surface area contributed by atoms with Crippen LogP contribution in [0.3, 0.4) is 0 Å². The minimum Gasteiger partial charge on any atom is -0.357 e. The molecule has 0 atom stereocenters. The smallest absolute Gasteiger partial charge is 0.194 e. The number of hydrogen-bond acceptors (Lipinski definition) is 3. The summed E-state index contributed by atoms with van der Waals surface area (Å²) in [5, 5.41) is 7.30. The second-order valence-corrected chi connectivity index (χ2v) is 6.83. The van der Waals surface area contributed by atoms with Crippen LogP contribution >= 0.6 is 46.9 Å². The van der Waals surface area contributed by atoms with E-state index < -0.39 is 0 Å². The molecule has 4 nitrogen and oxygen atoms in total. The highest BCUT2D eigenvalue weighted by Gasteiger charge is 2.08. The first-order valence-electron chi connectivity index (χ1n) is 7.73. The number of aryl methyl sites for hydroxylation is 1. The number of benzene rings is 1. The van der Waals surface area contributed by atoms with Gasteiger partial charge < -0.3 is 10.2 Å². The summed E-state index contributed by atoms with van der Waals surface area (Å²) in [6.45, 7) is 6.43. The van der Waals surface area contributed by atoms with Gasteiger partial charge in [0, 0.05) is 30.5 Å². The number of nitrogens with one attached hydrogen (secondary N) is 1. The zero-order chi connectivity index (χ0) is 16.7. The maximum Gasteiger partial charge on any atom is 0.194 e. The van der Waals surface area contributed by atoms with Gasteiger partial charge in [-0.15, -0.1) is 35.3 Å². The van der Waals surface area contributed by atoms with E-state index in [0.717, 1.165) is 47.7 Å². The van der Waals surface area contributed by atoms with E-state index in [9.17, 15) is 0 Å². The molecule has 0 saturated carbocycles. The Hall–Kier alpha value is -0.860. The second-order valence-electron chi connectivity index (χ2n) is 5.33. The average Bonchev–Trinajstić information content (AvgIpc) is 2.91. The van der Waals surface area contributed by atoms with Gasteiger partial charge in [0.1, 0.15) is 0 Å². The van der Waals surface area contributed by atoms with Gasteiger partial charge in [0.25, 0.3) is 0 Å². The summed E-state index contributed by atoms with van der Waals surface area (Å²) in [5.74, 6) is 0.903. The van der Waals surface area contributed by atoms with Crippen molar-refractivity contribution in [3.8, 4) is 0 Å². The molecular weight excluding hydrogens is 455 g/mol. The van der Waals surface area contributed by atoms with Gasteiger partial charge in [0.05, 0.1) is 17.2 Å². The van der Waals surface area contributed by atoms with Gasteiger partial charge in [-0.3, -0.25) is 4.99 Å². The summed E-state index contributed by atoms with van der Waals surface area (Å²) in [6.07, 6.45) is 0.874. The van der Waals surface area contributed by atoms with E-state index in [-0.39, 0.29) is 24.0 Å². The van der Waals surface area contributed by atoms with Crippen molar-refractivity contribution in [2.24, 2.45) is 4.99 Å². The molecule has 1 heterocycles. The van der Waals surface area contributed by atoms with E-state index in [2.05, 4.69) is 33.6 Å². The molecule has 2 rings (SSSR count). The first-order valence-corrected chi connectivity index (χ1v) is 8.99. The third kappa shape index (κ3) is 6.94. The van der Waals surface area contributed by atoms with E-state index >= 15 is 0 Å². The molecule has 1 aromatic carbocycles. The number of nitrogens with zero attached hydrogens (tertiary/aromatic N) is 3. The predicted octanol–water partition coefficient (Wildman–Crippen LogP) is 4.36. The van der Waals surface area contributed by atoms with E-state index in [1.54, 1.807) is 11.3 Å². The van der Waals surface area contributed by atoms with E-state index in [4.69, 9.17) is 16.6 Å². The van der Waals surface area contributed by atoms with Crippen LogP contribution in [0.2, 0.25) is 5.02 Å². The molecule has 0 bridgehead atoms. The molecule has 0 spiro atoms. The zero-order valence-corrected chi connectivity index (χ0v) is 18.2. The molecule has 0 amide bonds. The third-order valence-electron chi connectivity index (χ3n) is 3.31. The van der Waals surface area contributed by atoms with Gasteiger partial charge in [-0.25, -0.2) is 4.98 Å². The molecule has 0 aliphatic rings. The highest BCUT2D eigenvalue weighted by atomic mass is 127. The minimum atomic E-state index is 0. The van der Waals surface area contributed by atoms with Crippen LogP contribution in [0.1, 0.15) is 23.2 Å². The molecule has 0 unspecified atom stereocenters. The van der Waals surface area contributed by atoms with Crippen LogP contribution in [0, 0.1) is 6.92 Å². The van der Waals surface area contributed by atoms with Crippen molar-refractivity contribution in [2.45, 2.75) is 26.8 Å². The Morgan fingerprint density at radius 3 is 2.83 bits per heavy atom. The number of rotatable bonds is 6. The number of thiazole rings is 1. The number of halogens is 2. The van der Waals surface area contributed by atoms with Crippen molar-refractivity contribution in [3.63, 3.8) is 0 Å². The standard InChI is InChI=1S/C17H23ClN4S.HI/c1-4-19-17(22(3)11-16-12-23-13(2)21-16)20-9-8-14-6-5-7-15(18)10-14;/h5-7,10,12H,4,8-9,11H2,1-3H3,(H,19,20);1H. The first kappa shape index (κ1) is 21.2. The highest BCUT2D eigenvalue weighted by molar-refractivity contribution is 14.0. The Labute approximate surface area is 170 Å². The third-order valence-corrected chi connectivity index (χ3v) is 4.37. The van der Waals surface area contributed by atoms with Crippen LogP contribution < -0.4 is 5.32 Å². The molecule has 2 aromatic rings. The predicted molar refractivity (Wildman–Crippen MR) is 115 cm³/mol. The molecule has 1 aromatic heterocycles. The van der Waals surface area contributed by atoms with Crippen molar-refractivity contribution in [1.82, 2.24) is 15.2 Å². The topological polar surface area (TPSA) is 40.5 Å². The molecule has 7 heteroatoms. The molecule has 1 N–H and O–H groups in total. The fourth-order valence-corrected chi connectivity index (χ4v) is 3.07. The van der Waals surface area contributed by atoms with Gasteiger partial charge in [-0.1, -0.05) is 23.7 Å². The monoisotopic (exact) mass is 478 g/mol. The van der Waals surface area contributed by atoms with Gasteiger partial charge in [0.2, 0.25) is 0 Å². The lowest BCUT2D eigenvalue weighted by atomic mass is 10.1. The quantitative estimate of drug-likeness (QED) is 0.381. The molecule has 24 heavy (non-hydrogen) atoms. The van der Waals surface area contributed by atoms with Crippen molar-refractivity contribution >= 4 is 52.9 Å². The summed E-state index contributed by atoms with van der Waals surface area (Å²) in [4.78, 5) is 11.3. The van der Waals surface area contributed by atoms with Crippen LogP contribution in [-0.4, -0.2) is 36.0 Å². The van der Waals surface area contributed by atoms with Crippen molar-refractivity contribution < 1.29 is 0 Å². The Morgan fingerprint density at radius 2 is 2.21 bits per heavy atom. The molecule has 0 aliphatic heterocycles. The molecule has 0 saturated heterocycles. The fourth-order valence-electron chi connectivity index (χ4n) is 2.25. The Morgan fingerprint density at radius 1 is 1.42 bits per heavy atom. The van der Waals surface area contributed by atoms with Gasteiger partial charge in [-0.2, -0.15) is 0 Å². The van der Waals surface area contributed by atoms with E-state index in [1.165, 1.54) is 5.56 Å². The molecule has 0 fully saturated rings. The Kier molecular flexibility index (Phi) is 9.61. The lowest BCUT2D eigenvalue weighted by Gasteiger charge is -2.21. The van der Waals surface area contributed by atoms with Gasteiger partial charge in [-0.05, 0) is 38.0 Å². The lowest BCUT2D eigenvalue weighted by molar-refractivity contribution is 0.471. The Bertz CT molecular complexity index is 660. The summed E-state index contributed by atoms with van der Waals surface area (Å²) >= 11 is 7.69. The number of aromatic nitrogens is 1. The van der Waals surface area contributed by atoms with Gasteiger partial charge >= 0.3 is 0 Å². The van der Waals surface area contributed by atoms with Gasteiger partial charge in [0.15, 0.2) is 5.96 Å². The van der Waals surface area contributed by atoms with Crippen LogP contribution in [0.15, 0.2) is 34.6 Å². The molecule has 0 radical (unpaired) electrons. The SMILES string of the molecule is CCNC(=NCCc1cccc(Cl)c1)N(C)Cc1csc(C)n1.I. The summed E-state index contributed by atoms with van der Waals surface area (Å²) in [7, 11) is 2.04. The number of aliphatic imine (C=N–C) groups is 1. The highest BCUT2D eigenvalue weighted by Crippen LogP contribution is 2.12. The second kappa shape index (κ2) is 10.9. The maximum atomic E-state index is 6.02. The maximum absolute atomic E-state index is 6.02. The number of hydrogen-bond donors (Lipinski definition) is 1. The fraction of sp³-hybridized carbons (Fsp3) is 0.412. The van der Waals surface area contributed by atoms with E-state index in [1.807, 2.05) is 32.2 Å². The zero-order valence-electron chi connectivity index (χ0n) is 14.3. The van der Waals surface area contributed by atoms with Crippen molar-refractivity contribution in [1.29, 1.82) is 0 Å². The summed E-state index contributed by atoms with van der Waals surface area (Å²) in [6, 6.07) is 7.94. The van der Waals surface area contributed by atoms with Crippen molar-refractivity contribution in [3.05, 3.63) is 50.9 Å². The molecule has 132 valence electrons. The number of guanidine groups is 1. The summed E-state index contributed by atoms with van der Waals surface area (Å²) in [5.41, 5.74) is 2.28. The normalized spacial score (nSPS) is 11.1. The van der Waals surface area contributed by atoms with Crippen LogP contribution in [-0.2, 0) is 13.0 Å². The lowest BCUT2D eigenvalue weighted by Crippen LogP contribution is -2.38. The van der Waals surface area contributed by atoms with E-state index in [0.29, 0.717) is 0 Å². The molecule has 0 aliphatic carbocycles. The van der Waals surface area contributed by atoms with Crippen LogP contribution in [0.4, 0.5) is 0 Å². The molecular formula is C17H24ClIN4S. The van der Waals surface area contributed by atoms with Crippen LogP contribution in [0.25, 0.3) is 0 Å². The minimum absolute atomic E-state index is 0. The Balaban J connectivity index is 0.00000288. The van der Waals surface area contributed by atoms with Crippen molar-refractivity contribution in [2.75, 3.05) is 20.1 Å². The average molecular weight is 479 g/mol. The summed E-state index contributed by atoms with van der Waals surface area (Å²) < 4.78 is 0. The largest absolute Gasteiger partial charge is 0.357 e.